The minimum atomic E-state index is 0.399. The summed E-state index contributed by atoms with van der Waals surface area (Å²) in [6, 6.07) is 4.30. The molecule has 0 spiro atoms. The Morgan fingerprint density at radius 2 is 2.00 bits per heavy atom. The topological polar surface area (TPSA) is 9.23 Å². The number of alkyl halides is 1. The zero-order chi connectivity index (χ0) is 13.8. The maximum atomic E-state index is 6.42. The Hall–Kier alpha value is -0.0200. The molecule has 0 bridgehead atoms. The van der Waals surface area contributed by atoms with E-state index in [-0.39, 0.29) is 0 Å². The quantitative estimate of drug-likeness (QED) is 0.573. The van der Waals surface area contributed by atoms with Gasteiger partial charge in [-0.3, -0.25) is 0 Å². The van der Waals surface area contributed by atoms with Crippen LogP contribution >= 0.6 is 31.9 Å². The van der Waals surface area contributed by atoms with Gasteiger partial charge >= 0.3 is 0 Å². The van der Waals surface area contributed by atoms with Gasteiger partial charge in [0.2, 0.25) is 0 Å². The molecule has 0 saturated heterocycles. The molecule has 2 unspecified atom stereocenters. The monoisotopic (exact) mass is 388 g/mol. The van der Waals surface area contributed by atoms with Gasteiger partial charge in [-0.1, -0.05) is 45.2 Å². The van der Waals surface area contributed by atoms with E-state index in [1.807, 2.05) is 0 Å². The Morgan fingerprint density at radius 1 is 1.26 bits per heavy atom. The molecule has 0 heterocycles. The molecular weight excluding hydrogens is 368 g/mol. The number of ether oxygens (including phenoxy) is 1. The Morgan fingerprint density at radius 3 is 2.68 bits per heavy atom. The molecule has 1 aliphatic rings. The fourth-order valence-electron chi connectivity index (χ4n) is 3.01. The predicted octanol–water partition coefficient (Wildman–Crippen LogP) is 6.00. The number of hydrogen-bond donors (Lipinski definition) is 0. The SMILES string of the molecule is CCC1CCCCC1Oc1c(C)cc(Br)cc1CBr. The van der Waals surface area contributed by atoms with Crippen LogP contribution in [0.25, 0.3) is 0 Å². The summed E-state index contributed by atoms with van der Waals surface area (Å²) in [6.45, 7) is 4.42. The molecule has 2 atom stereocenters. The first-order valence-corrected chi connectivity index (χ1v) is 9.08. The van der Waals surface area contributed by atoms with E-state index < -0.39 is 0 Å². The molecule has 1 saturated carbocycles. The van der Waals surface area contributed by atoms with Crippen molar-refractivity contribution in [2.75, 3.05) is 0 Å². The van der Waals surface area contributed by atoms with Crippen molar-refractivity contribution >= 4 is 31.9 Å². The summed E-state index contributed by atoms with van der Waals surface area (Å²) in [6.07, 6.45) is 6.82. The van der Waals surface area contributed by atoms with Crippen LogP contribution in [0.5, 0.6) is 5.75 Å². The fraction of sp³-hybridized carbons (Fsp3) is 0.625. The highest BCUT2D eigenvalue weighted by atomic mass is 79.9. The normalized spacial score (nSPS) is 23.4. The van der Waals surface area contributed by atoms with E-state index in [0.717, 1.165) is 21.5 Å². The molecule has 106 valence electrons. The van der Waals surface area contributed by atoms with E-state index in [4.69, 9.17) is 4.74 Å². The molecular formula is C16H22Br2O. The largest absolute Gasteiger partial charge is 0.490 e. The highest BCUT2D eigenvalue weighted by Crippen LogP contribution is 2.35. The Bertz CT molecular complexity index is 431. The Balaban J connectivity index is 2.22. The molecule has 0 N–H and O–H groups in total. The molecule has 0 radical (unpaired) electrons. The maximum Gasteiger partial charge on any atom is 0.126 e. The third kappa shape index (κ3) is 3.75. The van der Waals surface area contributed by atoms with Crippen molar-refractivity contribution in [2.24, 2.45) is 5.92 Å². The average molecular weight is 390 g/mol. The van der Waals surface area contributed by atoms with Crippen molar-refractivity contribution < 1.29 is 4.74 Å². The van der Waals surface area contributed by atoms with Gasteiger partial charge in [-0.2, -0.15) is 0 Å². The third-order valence-electron chi connectivity index (χ3n) is 4.09. The first-order valence-electron chi connectivity index (χ1n) is 7.17. The van der Waals surface area contributed by atoms with Crippen LogP contribution in [-0.2, 0) is 5.33 Å². The van der Waals surface area contributed by atoms with Gasteiger partial charge in [0.05, 0.1) is 0 Å². The van der Waals surface area contributed by atoms with Crippen molar-refractivity contribution in [3.05, 3.63) is 27.7 Å². The summed E-state index contributed by atoms with van der Waals surface area (Å²) in [5, 5.41) is 0.839. The van der Waals surface area contributed by atoms with Crippen LogP contribution in [0.1, 0.15) is 50.2 Å². The number of rotatable bonds is 4. The van der Waals surface area contributed by atoms with Gasteiger partial charge in [-0.15, -0.1) is 0 Å². The number of aryl methyl sites for hydroxylation is 1. The Labute approximate surface area is 133 Å². The minimum Gasteiger partial charge on any atom is -0.490 e. The van der Waals surface area contributed by atoms with Crippen LogP contribution < -0.4 is 4.74 Å². The fourth-order valence-corrected chi connectivity index (χ4v) is 4.05. The van der Waals surface area contributed by atoms with Gasteiger partial charge in [0.1, 0.15) is 11.9 Å². The van der Waals surface area contributed by atoms with Gasteiger partial charge < -0.3 is 4.74 Å². The summed E-state index contributed by atoms with van der Waals surface area (Å²) in [5.74, 6) is 1.81. The molecule has 1 aliphatic carbocycles. The molecule has 2 rings (SSSR count). The van der Waals surface area contributed by atoms with Crippen LogP contribution in [-0.4, -0.2) is 6.10 Å². The van der Waals surface area contributed by atoms with Gasteiger partial charge in [-0.25, -0.2) is 0 Å². The van der Waals surface area contributed by atoms with Crippen LogP contribution in [0.15, 0.2) is 16.6 Å². The van der Waals surface area contributed by atoms with Gasteiger partial charge in [0.25, 0.3) is 0 Å². The van der Waals surface area contributed by atoms with Crippen LogP contribution in [0.4, 0.5) is 0 Å². The lowest BCUT2D eigenvalue weighted by molar-refractivity contribution is 0.0889. The average Bonchev–Trinajstić information content (AvgIpc) is 2.42. The van der Waals surface area contributed by atoms with E-state index in [9.17, 15) is 0 Å². The van der Waals surface area contributed by atoms with Gasteiger partial charge in [-0.05, 0) is 56.2 Å². The van der Waals surface area contributed by atoms with Crippen LogP contribution in [0, 0.1) is 12.8 Å². The van der Waals surface area contributed by atoms with Crippen molar-refractivity contribution in [1.82, 2.24) is 0 Å². The maximum absolute atomic E-state index is 6.42. The zero-order valence-corrected chi connectivity index (χ0v) is 14.9. The molecule has 0 amide bonds. The second kappa shape index (κ2) is 7.12. The third-order valence-corrected chi connectivity index (χ3v) is 5.16. The van der Waals surface area contributed by atoms with Crippen molar-refractivity contribution in [1.29, 1.82) is 0 Å². The molecule has 1 aromatic rings. The molecule has 1 fully saturated rings. The van der Waals surface area contributed by atoms with E-state index in [1.54, 1.807) is 0 Å². The number of hydrogen-bond acceptors (Lipinski definition) is 1. The van der Waals surface area contributed by atoms with E-state index in [0.29, 0.717) is 6.10 Å². The highest BCUT2D eigenvalue weighted by Gasteiger charge is 2.26. The van der Waals surface area contributed by atoms with Crippen molar-refractivity contribution in [3.8, 4) is 5.75 Å². The first-order chi connectivity index (χ1) is 9.15. The molecule has 1 aromatic carbocycles. The minimum absolute atomic E-state index is 0.399. The summed E-state index contributed by atoms with van der Waals surface area (Å²) in [7, 11) is 0. The van der Waals surface area contributed by atoms with Gasteiger partial charge in [0, 0.05) is 15.4 Å². The lowest BCUT2D eigenvalue weighted by Gasteiger charge is -2.32. The summed E-state index contributed by atoms with van der Waals surface area (Å²) in [5.41, 5.74) is 2.47. The zero-order valence-electron chi connectivity index (χ0n) is 11.7. The van der Waals surface area contributed by atoms with Crippen LogP contribution in [0.3, 0.4) is 0 Å². The molecule has 0 aliphatic heterocycles. The highest BCUT2D eigenvalue weighted by molar-refractivity contribution is 9.10. The number of halogens is 2. The van der Waals surface area contributed by atoms with E-state index in [2.05, 4.69) is 57.8 Å². The Kier molecular flexibility index (Phi) is 5.76. The lowest BCUT2D eigenvalue weighted by atomic mass is 9.84. The predicted molar refractivity (Wildman–Crippen MR) is 88.2 cm³/mol. The number of benzene rings is 1. The standard InChI is InChI=1S/C16H22Br2O/c1-3-12-6-4-5-7-15(12)19-16-11(2)8-14(18)9-13(16)10-17/h8-9,12,15H,3-7,10H2,1-2H3. The molecule has 3 heteroatoms. The van der Waals surface area contributed by atoms with Crippen LogP contribution in [0.2, 0.25) is 0 Å². The molecule has 19 heavy (non-hydrogen) atoms. The smallest absolute Gasteiger partial charge is 0.126 e. The lowest BCUT2D eigenvalue weighted by Crippen LogP contribution is -2.30. The van der Waals surface area contributed by atoms with Gasteiger partial charge in [0.15, 0.2) is 0 Å². The molecule has 1 nitrogen and oxygen atoms in total. The second-order valence-electron chi connectivity index (χ2n) is 5.45. The van der Waals surface area contributed by atoms with E-state index >= 15 is 0 Å². The molecule has 0 aromatic heterocycles. The van der Waals surface area contributed by atoms with Crippen molar-refractivity contribution in [3.63, 3.8) is 0 Å². The first kappa shape index (κ1) is 15.4. The van der Waals surface area contributed by atoms with Crippen molar-refractivity contribution in [2.45, 2.75) is 57.4 Å². The summed E-state index contributed by atoms with van der Waals surface area (Å²) >= 11 is 7.14. The summed E-state index contributed by atoms with van der Waals surface area (Å²) < 4.78 is 7.54. The summed E-state index contributed by atoms with van der Waals surface area (Å²) in [4.78, 5) is 0. The second-order valence-corrected chi connectivity index (χ2v) is 6.93. The van der Waals surface area contributed by atoms with E-state index in [1.165, 1.54) is 43.2 Å².